The second-order valence-corrected chi connectivity index (χ2v) is 5.30. The fraction of sp³-hybridized carbons (Fsp3) is 0.462. The van der Waals surface area contributed by atoms with Crippen molar-refractivity contribution in [3.63, 3.8) is 0 Å². The maximum absolute atomic E-state index is 4.42. The van der Waals surface area contributed by atoms with Gasteiger partial charge in [0.05, 0.1) is 11.7 Å². The number of H-pyrrole nitrogens is 1. The third kappa shape index (κ3) is 1.56. The number of aromatic nitrogens is 5. The molecule has 4 rings (SSSR count). The molecule has 0 bridgehead atoms. The van der Waals surface area contributed by atoms with Crippen LogP contribution >= 0.6 is 0 Å². The Morgan fingerprint density at radius 1 is 1.37 bits per heavy atom. The molecule has 1 aliphatic rings. The van der Waals surface area contributed by atoms with Crippen molar-refractivity contribution in [1.82, 2.24) is 29.9 Å². The van der Waals surface area contributed by atoms with Crippen LogP contribution < -0.4 is 5.32 Å². The summed E-state index contributed by atoms with van der Waals surface area (Å²) in [6, 6.07) is 2.03. The maximum atomic E-state index is 4.42. The predicted molar refractivity (Wildman–Crippen MR) is 72.0 cm³/mol. The quantitative estimate of drug-likeness (QED) is 0.689. The summed E-state index contributed by atoms with van der Waals surface area (Å²) in [5.41, 5.74) is 2.75. The van der Waals surface area contributed by atoms with E-state index in [1.54, 1.807) is 6.20 Å². The molecule has 6 nitrogen and oxygen atoms in total. The molecule has 0 saturated carbocycles. The Morgan fingerprint density at radius 3 is 3.21 bits per heavy atom. The second kappa shape index (κ2) is 4.03. The lowest BCUT2D eigenvalue weighted by atomic mass is 9.87. The van der Waals surface area contributed by atoms with E-state index in [9.17, 15) is 0 Å². The average Bonchev–Trinajstić information content (AvgIpc) is 3.04. The normalized spacial score (nSPS) is 24.3. The van der Waals surface area contributed by atoms with Crippen molar-refractivity contribution in [3.05, 3.63) is 24.3 Å². The molecule has 98 valence electrons. The largest absolute Gasteiger partial charge is 0.345 e. The van der Waals surface area contributed by atoms with Gasteiger partial charge in [-0.2, -0.15) is 0 Å². The number of nitrogens with one attached hydrogen (secondary N) is 2. The van der Waals surface area contributed by atoms with Gasteiger partial charge in [-0.15, -0.1) is 10.2 Å². The third-order valence-electron chi connectivity index (χ3n) is 4.13. The third-order valence-corrected chi connectivity index (χ3v) is 4.13. The summed E-state index contributed by atoms with van der Waals surface area (Å²) in [6.45, 7) is 4.35. The summed E-state index contributed by atoms with van der Waals surface area (Å²) < 4.78 is 2.13. The summed E-state index contributed by atoms with van der Waals surface area (Å²) in [7, 11) is 0. The highest BCUT2D eigenvalue weighted by Crippen LogP contribution is 2.29. The molecule has 0 radical (unpaired) electrons. The van der Waals surface area contributed by atoms with Crippen LogP contribution in [0, 0.1) is 5.92 Å². The van der Waals surface area contributed by atoms with Crippen LogP contribution in [0.25, 0.3) is 16.8 Å². The van der Waals surface area contributed by atoms with Crippen molar-refractivity contribution < 1.29 is 0 Å². The van der Waals surface area contributed by atoms with Gasteiger partial charge < -0.3 is 10.3 Å². The molecule has 4 heterocycles. The van der Waals surface area contributed by atoms with Gasteiger partial charge in [0.25, 0.3) is 0 Å². The van der Waals surface area contributed by atoms with Gasteiger partial charge >= 0.3 is 0 Å². The first-order valence-electron chi connectivity index (χ1n) is 6.72. The highest BCUT2D eigenvalue weighted by Gasteiger charge is 2.27. The molecule has 0 aromatic carbocycles. The minimum absolute atomic E-state index is 0.407. The molecule has 2 atom stereocenters. The van der Waals surface area contributed by atoms with Crippen LogP contribution in [-0.4, -0.2) is 37.7 Å². The Labute approximate surface area is 110 Å². The lowest BCUT2D eigenvalue weighted by molar-refractivity contribution is 0.336. The number of piperidine rings is 1. The van der Waals surface area contributed by atoms with Gasteiger partial charge in [0.15, 0.2) is 11.3 Å². The number of hydrogen-bond donors (Lipinski definition) is 2. The Morgan fingerprint density at radius 2 is 2.32 bits per heavy atom. The van der Waals surface area contributed by atoms with Crippen molar-refractivity contribution in [2.45, 2.75) is 19.3 Å². The van der Waals surface area contributed by atoms with Gasteiger partial charge in [-0.05, 0) is 24.9 Å². The molecule has 1 fully saturated rings. The van der Waals surface area contributed by atoms with E-state index >= 15 is 0 Å². The topological polar surface area (TPSA) is 70.9 Å². The molecule has 0 aliphatic carbocycles. The van der Waals surface area contributed by atoms with Crippen LogP contribution in [0.15, 0.2) is 18.5 Å². The van der Waals surface area contributed by atoms with Crippen LogP contribution in [0.4, 0.5) is 0 Å². The molecule has 19 heavy (non-hydrogen) atoms. The number of rotatable bonds is 1. The molecular weight excluding hydrogens is 240 g/mol. The van der Waals surface area contributed by atoms with Crippen molar-refractivity contribution in [1.29, 1.82) is 0 Å². The smallest absolute Gasteiger partial charge is 0.179 e. The SMILES string of the molecule is C[C@@H]1CCNC[C@@H]1c1nnc2cnc3[nH]ccc3n12. The van der Waals surface area contributed by atoms with Crippen LogP contribution in [0.1, 0.15) is 25.1 Å². The molecule has 6 heteroatoms. The van der Waals surface area contributed by atoms with Gasteiger partial charge in [-0.1, -0.05) is 6.92 Å². The number of hydrogen-bond acceptors (Lipinski definition) is 4. The Bertz CT molecular complexity index is 727. The van der Waals surface area contributed by atoms with Crippen LogP contribution in [0.3, 0.4) is 0 Å². The van der Waals surface area contributed by atoms with Gasteiger partial charge in [0.1, 0.15) is 5.82 Å². The first-order chi connectivity index (χ1) is 9.34. The van der Waals surface area contributed by atoms with E-state index in [0.717, 1.165) is 35.7 Å². The monoisotopic (exact) mass is 256 g/mol. The zero-order valence-corrected chi connectivity index (χ0v) is 10.8. The molecule has 1 aliphatic heterocycles. The van der Waals surface area contributed by atoms with E-state index in [1.165, 1.54) is 6.42 Å². The highest BCUT2D eigenvalue weighted by molar-refractivity contribution is 5.74. The second-order valence-electron chi connectivity index (χ2n) is 5.30. The minimum Gasteiger partial charge on any atom is -0.345 e. The zero-order valence-electron chi connectivity index (χ0n) is 10.8. The molecule has 0 amide bonds. The van der Waals surface area contributed by atoms with E-state index in [2.05, 4.69) is 36.8 Å². The first-order valence-corrected chi connectivity index (χ1v) is 6.72. The van der Waals surface area contributed by atoms with Gasteiger partial charge in [-0.3, -0.25) is 4.40 Å². The van der Waals surface area contributed by atoms with Crippen LogP contribution in [-0.2, 0) is 0 Å². The van der Waals surface area contributed by atoms with E-state index in [1.807, 2.05) is 12.3 Å². The maximum Gasteiger partial charge on any atom is 0.179 e. The number of fused-ring (bicyclic) bond motifs is 3. The molecule has 1 saturated heterocycles. The standard InChI is InChI=1S/C13H16N6/c1-8-2-4-14-6-9(8)13-18-17-11-7-16-12-10(19(11)13)3-5-15-12/h3,5,7-9,14-15H,2,4,6H2,1H3/t8-,9+/m1/s1. The molecule has 3 aromatic heterocycles. The summed E-state index contributed by atoms with van der Waals surface area (Å²) in [4.78, 5) is 7.49. The summed E-state index contributed by atoms with van der Waals surface area (Å²) in [6.07, 6.45) is 4.86. The van der Waals surface area contributed by atoms with Crippen molar-refractivity contribution in [3.8, 4) is 0 Å². The first kappa shape index (κ1) is 10.9. The van der Waals surface area contributed by atoms with E-state index in [-0.39, 0.29) is 0 Å². The van der Waals surface area contributed by atoms with Gasteiger partial charge in [-0.25, -0.2) is 4.98 Å². The zero-order chi connectivity index (χ0) is 12.8. The lowest BCUT2D eigenvalue weighted by Gasteiger charge is -2.28. The molecule has 0 spiro atoms. The van der Waals surface area contributed by atoms with E-state index in [4.69, 9.17) is 0 Å². The minimum atomic E-state index is 0.407. The molecule has 2 N–H and O–H groups in total. The van der Waals surface area contributed by atoms with Crippen LogP contribution in [0.5, 0.6) is 0 Å². The number of aromatic amines is 1. The number of nitrogens with zero attached hydrogens (tertiary/aromatic N) is 4. The summed E-state index contributed by atoms with van der Waals surface area (Å²) in [5, 5.41) is 12.1. The van der Waals surface area contributed by atoms with E-state index in [0.29, 0.717) is 11.8 Å². The molecular formula is C13H16N6. The van der Waals surface area contributed by atoms with Crippen LogP contribution in [0.2, 0.25) is 0 Å². The summed E-state index contributed by atoms with van der Waals surface area (Å²) >= 11 is 0. The molecule has 3 aromatic rings. The van der Waals surface area contributed by atoms with Crippen molar-refractivity contribution in [2.75, 3.05) is 13.1 Å². The highest BCUT2D eigenvalue weighted by atomic mass is 15.3. The Balaban J connectivity index is 1.96. The van der Waals surface area contributed by atoms with Gasteiger partial charge in [0, 0.05) is 18.7 Å². The van der Waals surface area contributed by atoms with E-state index < -0.39 is 0 Å². The fourth-order valence-electron chi connectivity index (χ4n) is 2.97. The Hall–Kier alpha value is -1.95. The predicted octanol–water partition coefficient (Wildman–Crippen LogP) is 1.32. The van der Waals surface area contributed by atoms with Gasteiger partial charge in [0.2, 0.25) is 0 Å². The fourth-order valence-corrected chi connectivity index (χ4v) is 2.97. The lowest BCUT2D eigenvalue weighted by Crippen LogP contribution is -2.34. The van der Waals surface area contributed by atoms with Crippen molar-refractivity contribution in [2.24, 2.45) is 5.92 Å². The summed E-state index contributed by atoms with van der Waals surface area (Å²) in [5.74, 6) is 2.07. The van der Waals surface area contributed by atoms with Crippen molar-refractivity contribution >= 4 is 16.8 Å². The Kier molecular flexibility index (Phi) is 2.32. The molecule has 0 unspecified atom stereocenters. The average molecular weight is 256 g/mol.